The van der Waals surface area contributed by atoms with Gasteiger partial charge in [-0.1, -0.05) is 30.5 Å². The number of benzene rings is 1. The minimum absolute atomic E-state index is 0.164. The van der Waals surface area contributed by atoms with Gasteiger partial charge in [0.25, 0.3) is 0 Å². The van der Waals surface area contributed by atoms with Gasteiger partial charge in [-0.2, -0.15) is 0 Å². The molecule has 0 unspecified atom stereocenters. The number of imidazole rings is 1. The maximum atomic E-state index is 12.0. The van der Waals surface area contributed by atoms with Gasteiger partial charge in [-0.05, 0) is 31.2 Å². The van der Waals surface area contributed by atoms with Crippen LogP contribution in [0, 0.1) is 0 Å². The first-order valence-electron chi connectivity index (χ1n) is 7.54. The zero-order chi connectivity index (χ0) is 16.9. The molecule has 0 aliphatic rings. The van der Waals surface area contributed by atoms with Gasteiger partial charge in [-0.3, -0.25) is 15.6 Å². The van der Waals surface area contributed by atoms with E-state index >= 15 is 0 Å². The van der Waals surface area contributed by atoms with Crippen LogP contribution in [0.2, 0.25) is 0 Å². The number of carbonyl (C=O) groups is 1. The van der Waals surface area contributed by atoms with E-state index in [4.69, 9.17) is 4.42 Å². The quantitative estimate of drug-likeness (QED) is 0.510. The third-order valence-electron chi connectivity index (χ3n) is 3.44. The second-order valence-corrected chi connectivity index (χ2v) is 5.99. The maximum absolute atomic E-state index is 12.0. The highest BCUT2D eigenvalue weighted by Crippen LogP contribution is 2.23. The largest absolute Gasteiger partial charge is 0.463 e. The van der Waals surface area contributed by atoms with E-state index in [2.05, 4.69) is 33.9 Å². The molecule has 0 saturated carbocycles. The number of hydrogen-bond acceptors (Lipinski definition) is 5. The monoisotopic (exact) mass is 342 g/mol. The Balaban J connectivity index is 1.57. The zero-order valence-corrected chi connectivity index (χ0v) is 14.1. The van der Waals surface area contributed by atoms with Gasteiger partial charge < -0.3 is 8.98 Å². The summed E-state index contributed by atoms with van der Waals surface area (Å²) < 4.78 is 7.29. The molecule has 0 aliphatic carbocycles. The van der Waals surface area contributed by atoms with Gasteiger partial charge in [0.1, 0.15) is 0 Å². The summed E-state index contributed by atoms with van der Waals surface area (Å²) in [7, 11) is 0. The SMILES string of the molecule is C=C(NNC(=O)CSc1nc2ccccc2n1CC)c1ccco1. The van der Waals surface area contributed by atoms with Crippen LogP contribution in [0.5, 0.6) is 0 Å². The number of carbonyl (C=O) groups excluding carboxylic acids is 1. The molecule has 0 saturated heterocycles. The molecule has 2 aromatic heterocycles. The Labute approximate surface area is 143 Å². The zero-order valence-electron chi connectivity index (χ0n) is 13.3. The fraction of sp³-hybridized carbons (Fsp3) is 0.176. The molecule has 2 heterocycles. The van der Waals surface area contributed by atoms with Crippen molar-refractivity contribution >= 4 is 34.4 Å². The summed E-state index contributed by atoms with van der Waals surface area (Å²) in [5, 5.41) is 0.832. The fourth-order valence-corrected chi connectivity index (χ4v) is 3.17. The van der Waals surface area contributed by atoms with Crippen LogP contribution >= 0.6 is 11.8 Å². The van der Waals surface area contributed by atoms with Crippen LogP contribution in [-0.2, 0) is 11.3 Å². The number of amides is 1. The number of fused-ring (bicyclic) bond motifs is 1. The van der Waals surface area contributed by atoms with Crippen molar-refractivity contribution in [3.8, 4) is 0 Å². The van der Waals surface area contributed by atoms with Crippen LogP contribution < -0.4 is 10.9 Å². The summed E-state index contributed by atoms with van der Waals surface area (Å²) >= 11 is 1.40. The Morgan fingerprint density at radius 3 is 2.88 bits per heavy atom. The number of aryl methyl sites for hydroxylation is 1. The van der Waals surface area contributed by atoms with Gasteiger partial charge in [-0.25, -0.2) is 4.98 Å². The molecule has 7 heteroatoms. The molecule has 0 spiro atoms. The van der Waals surface area contributed by atoms with Gasteiger partial charge >= 0.3 is 0 Å². The minimum atomic E-state index is -0.164. The molecule has 2 N–H and O–H groups in total. The molecule has 0 fully saturated rings. The van der Waals surface area contributed by atoms with E-state index in [-0.39, 0.29) is 11.7 Å². The summed E-state index contributed by atoms with van der Waals surface area (Å²) in [6.45, 7) is 6.67. The van der Waals surface area contributed by atoms with Crippen LogP contribution in [0.15, 0.2) is 58.8 Å². The summed E-state index contributed by atoms with van der Waals surface area (Å²) in [4.78, 5) is 16.6. The number of nitrogens with zero attached hydrogens (tertiary/aromatic N) is 2. The molecule has 124 valence electrons. The number of thioether (sulfide) groups is 1. The molecular formula is C17H18N4O2S. The predicted molar refractivity (Wildman–Crippen MR) is 95.2 cm³/mol. The number of rotatable bonds is 7. The average Bonchev–Trinajstić information content (AvgIpc) is 3.24. The van der Waals surface area contributed by atoms with Crippen molar-refractivity contribution in [2.75, 3.05) is 5.75 Å². The molecule has 0 radical (unpaired) electrons. The summed E-state index contributed by atoms with van der Waals surface area (Å²) in [6, 6.07) is 11.5. The fourth-order valence-electron chi connectivity index (χ4n) is 2.29. The van der Waals surface area contributed by atoms with Crippen molar-refractivity contribution in [3.05, 3.63) is 55.0 Å². The highest BCUT2D eigenvalue weighted by molar-refractivity contribution is 7.99. The highest BCUT2D eigenvalue weighted by atomic mass is 32.2. The van der Waals surface area contributed by atoms with Crippen molar-refractivity contribution in [2.45, 2.75) is 18.6 Å². The van der Waals surface area contributed by atoms with E-state index in [0.717, 1.165) is 22.7 Å². The number of hydrazine groups is 1. The van der Waals surface area contributed by atoms with Gasteiger partial charge in [0.15, 0.2) is 10.9 Å². The minimum Gasteiger partial charge on any atom is -0.463 e. The molecular weight excluding hydrogens is 324 g/mol. The third-order valence-corrected chi connectivity index (χ3v) is 4.42. The maximum Gasteiger partial charge on any atom is 0.248 e. The summed E-state index contributed by atoms with van der Waals surface area (Å²) in [5.74, 6) is 0.667. The second-order valence-electron chi connectivity index (χ2n) is 5.05. The van der Waals surface area contributed by atoms with Crippen LogP contribution in [0.3, 0.4) is 0 Å². The smallest absolute Gasteiger partial charge is 0.248 e. The Morgan fingerprint density at radius 2 is 2.12 bits per heavy atom. The van der Waals surface area contributed by atoms with Gasteiger partial charge in [0.2, 0.25) is 5.91 Å². The molecule has 0 bridgehead atoms. The molecule has 24 heavy (non-hydrogen) atoms. The second kappa shape index (κ2) is 7.27. The Kier molecular flexibility index (Phi) is 4.90. The van der Waals surface area contributed by atoms with Crippen molar-refractivity contribution in [3.63, 3.8) is 0 Å². The number of aromatic nitrogens is 2. The summed E-state index contributed by atoms with van der Waals surface area (Å²) in [5.41, 5.74) is 7.87. The van der Waals surface area contributed by atoms with Crippen molar-refractivity contribution < 1.29 is 9.21 Å². The lowest BCUT2D eigenvalue weighted by atomic mass is 10.3. The lowest BCUT2D eigenvalue weighted by Gasteiger charge is -2.09. The lowest BCUT2D eigenvalue weighted by Crippen LogP contribution is -2.37. The molecule has 3 aromatic rings. The molecule has 0 atom stereocenters. The van der Waals surface area contributed by atoms with Crippen LogP contribution in [0.25, 0.3) is 16.7 Å². The molecule has 1 aromatic carbocycles. The Morgan fingerprint density at radius 1 is 1.29 bits per heavy atom. The Hall–Kier alpha value is -2.67. The van der Waals surface area contributed by atoms with Gasteiger partial charge in [-0.15, -0.1) is 0 Å². The van der Waals surface area contributed by atoms with Crippen LogP contribution in [0.1, 0.15) is 12.7 Å². The van der Waals surface area contributed by atoms with E-state index in [1.807, 2.05) is 24.3 Å². The molecule has 3 rings (SSSR count). The van der Waals surface area contributed by atoms with E-state index in [0.29, 0.717) is 11.5 Å². The third kappa shape index (κ3) is 3.46. The van der Waals surface area contributed by atoms with Crippen molar-refractivity contribution in [2.24, 2.45) is 0 Å². The first kappa shape index (κ1) is 16.2. The molecule has 6 nitrogen and oxygen atoms in total. The van der Waals surface area contributed by atoms with E-state index in [1.165, 1.54) is 11.8 Å². The highest BCUT2D eigenvalue weighted by Gasteiger charge is 2.12. The predicted octanol–water partition coefficient (Wildman–Crippen LogP) is 3.03. The van der Waals surface area contributed by atoms with Crippen molar-refractivity contribution in [1.29, 1.82) is 0 Å². The molecule has 1 amide bonds. The van der Waals surface area contributed by atoms with Crippen LogP contribution in [-0.4, -0.2) is 21.2 Å². The van der Waals surface area contributed by atoms with E-state index < -0.39 is 0 Å². The topological polar surface area (TPSA) is 72.1 Å². The van der Waals surface area contributed by atoms with E-state index in [1.54, 1.807) is 18.4 Å². The standard InChI is InChI=1S/C17H18N4O2S/c1-3-21-14-8-5-4-7-13(14)18-17(21)24-11-16(22)20-19-12(2)15-9-6-10-23-15/h4-10,19H,2-3,11H2,1H3,(H,20,22). The molecule has 0 aliphatic heterocycles. The Bertz CT molecular complexity index is 855. The number of furan rings is 1. The first-order valence-corrected chi connectivity index (χ1v) is 8.53. The first-order chi connectivity index (χ1) is 11.7. The van der Waals surface area contributed by atoms with Crippen LogP contribution in [0.4, 0.5) is 0 Å². The average molecular weight is 342 g/mol. The number of hydrogen-bond donors (Lipinski definition) is 2. The lowest BCUT2D eigenvalue weighted by molar-refractivity contribution is -0.119. The number of para-hydroxylation sites is 2. The van der Waals surface area contributed by atoms with Gasteiger partial charge in [0.05, 0.1) is 28.7 Å². The summed E-state index contributed by atoms with van der Waals surface area (Å²) in [6.07, 6.45) is 1.55. The van der Waals surface area contributed by atoms with E-state index in [9.17, 15) is 4.79 Å². The number of nitrogens with one attached hydrogen (secondary N) is 2. The van der Waals surface area contributed by atoms with Gasteiger partial charge in [0, 0.05) is 6.54 Å². The van der Waals surface area contributed by atoms with Crippen molar-refractivity contribution in [1.82, 2.24) is 20.4 Å². The normalized spacial score (nSPS) is 10.7.